The number of carboxylic acid groups (broad SMARTS) is 1. The number of aromatic nitrogens is 1. The molecule has 0 aliphatic carbocycles. The number of hydrogen-bond donors (Lipinski definition) is 1. The zero-order chi connectivity index (χ0) is 11.7. The molecule has 0 aliphatic rings. The Hall–Kier alpha value is -1.74. The maximum Gasteiger partial charge on any atom is 0.352 e. The van der Waals surface area contributed by atoms with Gasteiger partial charge in [-0.1, -0.05) is 29.8 Å². The highest BCUT2D eigenvalue weighted by Crippen LogP contribution is 2.28. The van der Waals surface area contributed by atoms with E-state index in [4.69, 9.17) is 16.7 Å². The minimum Gasteiger partial charge on any atom is -0.477 e. The molecule has 1 aromatic heterocycles. The molecule has 0 amide bonds. The second kappa shape index (κ2) is 4.02. The lowest BCUT2D eigenvalue weighted by molar-refractivity contribution is 0.0687. The van der Waals surface area contributed by atoms with Crippen LogP contribution in [-0.2, 0) is 7.05 Å². The highest BCUT2D eigenvalue weighted by Gasteiger charge is 2.13. The Bertz CT molecular complexity index is 546. The van der Waals surface area contributed by atoms with Crippen molar-refractivity contribution >= 4 is 17.6 Å². The van der Waals surface area contributed by atoms with Gasteiger partial charge in [0.2, 0.25) is 0 Å². The predicted octanol–water partition coefficient (Wildman–Crippen LogP) is 3.04. The summed E-state index contributed by atoms with van der Waals surface area (Å²) in [5.41, 5.74) is 1.87. The van der Waals surface area contributed by atoms with Crippen molar-refractivity contribution in [3.63, 3.8) is 0 Å². The van der Waals surface area contributed by atoms with Crippen molar-refractivity contribution in [1.29, 1.82) is 0 Å². The van der Waals surface area contributed by atoms with Crippen LogP contribution in [0, 0.1) is 0 Å². The molecule has 4 heteroatoms. The van der Waals surface area contributed by atoms with Crippen LogP contribution in [0.4, 0.5) is 0 Å². The van der Waals surface area contributed by atoms with E-state index in [1.165, 1.54) is 0 Å². The fourth-order valence-corrected chi connectivity index (χ4v) is 1.90. The van der Waals surface area contributed by atoms with Gasteiger partial charge in [-0.3, -0.25) is 0 Å². The fourth-order valence-electron chi connectivity index (χ4n) is 1.67. The van der Waals surface area contributed by atoms with Gasteiger partial charge in [0.1, 0.15) is 5.69 Å². The predicted molar refractivity (Wildman–Crippen MR) is 62.8 cm³/mol. The molecule has 16 heavy (non-hydrogen) atoms. The Morgan fingerprint density at radius 3 is 2.50 bits per heavy atom. The van der Waals surface area contributed by atoms with Crippen LogP contribution in [-0.4, -0.2) is 15.6 Å². The number of halogens is 1. The number of hydrogen-bond acceptors (Lipinski definition) is 1. The molecule has 0 unspecified atom stereocenters. The first-order valence-electron chi connectivity index (χ1n) is 4.75. The van der Waals surface area contributed by atoms with E-state index >= 15 is 0 Å². The van der Waals surface area contributed by atoms with E-state index in [1.807, 2.05) is 18.2 Å². The van der Waals surface area contributed by atoms with Crippen molar-refractivity contribution in [2.45, 2.75) is 0 Å². The number of aromatic carboxylic acids is 1. The molecule has 0 radical (unpaired) electrons. The normalized spacial score (nSPS) is 10.4. The molecule has 0 atom stereocenters. The molecular formula is C12H10ClNO2. The Morgan fingerprint density at radius 2 is 1.94 bits per heavy atom. The topological polar surface area (TPSA) is 42.2 Å². The molecule has 82 valence electrons. The maximum atomic E-state index is 10.9. The summed E-state index contributed by atoms with van der Waals surface area (Å²) in [6, 6.07) is 10.7. The smallest absolute Gasteiger partial charge is 0.352 e. The van der Waals surface area contributed by atoms with Crippen molar-refractivity contribution in [2.75, 3.05) is 0 Å². The Morgan fingerprint density at radius 1 is 1.25 bits per heavy atom. The monoisotopic (exact) mass is 235 g/mol. The largest absolute Gasteiger partial charge is 0.477 e. The lowest BCUT2D eigenvalue weighted by Crippen LogP contribution is -2.05. The third kappa shape index (κ3) is 1.70. The van der Waals surface area contributed by atoms with Gasteiger partial charge in [0.15, 0.2) is 0 Å². The minimum atomic E-state index is -0.944. The molecule has 1 heterocycles. The van der Waals surface area contributed by atoms with E-state index in [0.29, 0.717) is 5.02 Å². The number of nitrogens with zero attached hydrogens (tertiary/aromatic N) is 1. The van der Waals surface area contributed by atoms with Crippen LogP contribution in [0.5, 0.6) is 0 Å². The molecule has 2 aromatic rings. The second-order valence-corrected chi connectivity index (χ2v) is 3.86. The van der Waals surface area contributed by atoms with E-state index in [-0.39, 0.29) is 5.69 Å². The molecule has 0 saturated carbocycles. The van der Waals surface area contributed by atoms with Crippen molar-refractivity contribution in [3.05, 3.63) is 47.1 Å². The molecule has 1 N–H and O–H groups in total. The lowest BCUT2D eigenvalue weighted by atomic mass is 10.1. The Kier molecular flexibility index (Phi) is 2.71. The summed E-state index contributed by atoms with van der Waals surface area (Å²) in [5.74, 6) is -0.944. The van der Waals surface area contributed by atoms with Crippen LogP contribution >= 0.6 is 11.6 Å². The maximum absolute atomic E-state index is 10.9. The van der Waals surface area contributed by atoms with E-state index in [9.17, 15) is 4.79 Å². The number of carboxylic acids is 1. The lowest BCUT2D eigenvalue weighted by Gasteiger charge is -2.06. The van der Waals surface area contributed by atoms with Gasteiger partial charge in [-0.05, 0) is 18.2 Å². The Balaban J connectivity index is 2.58. The highest BCUT2D eigenvalue weighted by molar-refractivity contribution is 6.33. The van der Waals surface area contributed by atoms with Crippen LogP contribution in [0.15, 0.2) is 36.4 Å². The first-order chi connectivity index (χ1) is 7.61. The number of rotatable bonds is 2. The average Bonchev–Trinajstić information content (AvgIpc) is 2.61. The fraction of sp³-hybridized carbons (Fsp3) is 0.0833. The van der Waals surface area contributed by atoms with Crippen molar-refractivity contribution in [3.8, 4) is 11.3 Å². The van der Waals surface area contributed by atoms with Gasteiger partial charge in [0, 0.05) is 23.3 Å². The van der Waals surface area contributed by atoms with Crippen molar-refractivity contribution < 1.29 is 9.90 Å². The van der Waals surface area contributed by atoms with Crippen LogP contribution in [0.3, 0.4) is 0 Å². The summed E-state index contributed by atoms with van der Waals surface area (Å²) in [6.45, 7) is 0. The van der Waals surface area contributed by atoms with Crippen molar-refractivity contribution in [2.24, 2.45) is 7.05 Å². The summed E-state index contributed by atoms with van der Waals surface area (Å²) in [5, 5.41) is 9.55. The molecule has 0 aliphatic heterocycles. The summed E-state index contributed by atoms with van der Waals surface area (Å²) < 4.78 is 1.61. The molecule has 0 fully saturated rings. The van der Waals surface area contributed by atoms with Crippen LogP contribution in [0.2, 0.25) is 5.02 Å². The van der Waals surface area contributed by atoms with Crippen molar-refractivity contribution in [1.82, 2.24) is 4.57 Å². The zero-order valence-electron chi connectivity index (χ0n) is 8.64. The van der Waals surface area contributed by atoms with E-state index < -0.39 is 5.97 Å². The van der Waals surface area contributed by atoms with Crippen LogP contribution in [0.25, 0.3) is 11.3 Å². The molecule has 0 saturated heterocycles. The van der Waals surface area contributed by atoms with Gasteiger partial charge in [-0.2, -0.15) is 0 Å². The summed E-state index contributed by atoms with van der Waals surface area (Å²) in [7, 11) is 1.71. The standard InChI is InChI=1S/C12H10ClNO2/c1-14-10(6-7-11(14)12(15)16)8-4-2-3-5-9(8)13/h2-7H,1H3,(H,15,16). The zero-order valence-corrected chi connectivity index (χ0v) is 9.40. The van der Waals surface area contributed by atoms with Gasteiger partial charge in [-0.15, -0.1) is 0 Å². The number of benzene rings is 1. The van der Waals surface area contributed by atoms with E-state index in [2.05, 4.69) is 0 Å². The van der Waals surface area contributed by atoms with Gasteiger partial charge in [0.25, 0.3) is 0 Å². The average molecular weight is 236 g/mol. The van der Waals surface area contributed by atoms with Gasteiger partial charge >= 0.3 is 5.97 Å². The summed E-state index contributed by atoms with van der Waals surface area (Å²) >= 11 is 6.06. The highest BCUT2D eigenvalue weighted by atomic mass is 35.5. The first-order valence-corrected chi connectivity index (χ1v) is 5.13. The first kappa shape index (κ1) is 10.8. The summed E-state index contributed by atoms with van der Waals surface area (Å²) in [4.78, 5) is 10.9. The minimum absolute atomic E-state index is 0.245. The molecule has 0 bridgehead atoms. The van der Waals surface area contributed by atoms with Gasteiger partial charge < -0.3 is 9.67 Å². The summed E-state index contributed by atoms with van der Waals surface area (Å²) in [6.07, 6.45) is 0. The van der Waals surface area contributed by atoms with Gasteiger partial charge in [-0.25, -0.2) is 4.79 Å². The molecule has 2 rings (SSSR count). The quantitative estimate of drug-likeness (QED) is 0.869. The second-order valence-electron chi connectivity index (χ2n) is 3.45. The van der Waals surface area contributed by atoms with Crippen LogP contribution in [0.1, 0.15) is 10.5 Å². The number of carbonyl (C=O) groups is 1. The molecule has 3 nitrogen and oxygen atoms in total. The van der Waals surface area contributed by atoms with E-state index in [1.54, 1.807) is 29.8 Å². The third-order valence-electron chi connectivity index (χ3n) is 2.49. The van der Waals surface area contributed by atoms with E-state index in [0.717, 1.165) is 11.3 Å². The Labute approximate surface area is 97.9 Å². The van der Waals surface area contributed by atoms with Gasteiger partial charge in [0.05, 0.1) is 0 Å². The van der Waals surface area contributed by atoms with Crippen LogP contribution < -0.4 is 0 Å². The molecular weight excluding hydrogens is 226 g/mol. The third-order valence-corrected chi connectivity index (χ3v) is 2.82. The molecule has 1 aromatic carbocycles. The SMILES string of the molecule is Cn1c(C(=O)O)ccc1-c1ccccc1Cl. The molecule has 0 spiro atoms.